The molecule has 0 saturated carbocycles. The van der Waals surface area contributed by atoms with Gasteiger partial charge >= 0.3 is 0 Å². The highest BCUT2D eigenvalue weighted by atomic mass is 16.5. The molecule has 1 fully saturated rings. The van der Waals surface area contributed by atoms with E-state index in [1.54, 1.807) is 7.11 Å². The summed E-state index contributed by atoms with van der Waals surface area (Å²) in [6.07, 6.45) is 0.529. The average molecular weight is 377 g/mol. The van der Waals surface area contributed by atoms with Crippen LogP contribution in [0.15, 0.2) is 29.3 Å². The van der Waals surface area contributed by atoms with Gasteiger partial charge in [-0.25, -0.2) is 4.99 Å². The zero-order chi connectivity index (χ0) is 19.9. The maximum Gasteiger partial charge on any atom is 0.191 e. The Kier molecular flexibility index (Phi) is 7.92. The average Bonchev–Trinajstić information content (AvgIpc) is 2.63. The van der Waals surface area contributed by atoms with Crippen molar-refractivity contribution >= 4 is 5.96 Å². The highest BCUT2D eigenvalue weighted by molar-refractivity contribution is 5.79. The first kappa shape index (κ1) is 21.5. The molecule has 1 aliphatic rings. The number of hydrogen-bond acceptors (Lipinski definition) is 4. The van der Waals surface area contributed by atoms with Gasteiger partial charge in [-0.05, 0) is 40.7 Å². The van der Waals surface area contributed by atoms with Crippen molar-refractivity contribution in [3.05, 3.63) is 29.8 Å². The van der Waals surface area contributed by atoms with Crippen LogP contribution >= 0.6 is 0 Å². The van der Waals surface area contributed by atoms with Gasteiger partial charge in [0.2, 0.25) is 0 Å². The van der Waals surface area contributed by atoms with Gasteiger partial charge in [-0.2, -0.15) is 0 Å². The smallest absolute Gasteiger partial charge is 0.191 e. The summed E-state index contributed by atoms with van der Waals surface area (Å²) in [7, 11) is 1.69. The molecular weight excluding hydrogens is 340 g/mol. The molecule has 2 atom stereocenters. The number of hydrogen-bond donors (Lipinski definition) is 2. The first-order valence-electron chi connectivity index (χ1n) is 9.90. The van der Waals surface area contributed by atoms with Gasteiger partial charge in [0.15, 0.2) is 5.96 Å². The number of aliphatic imine (C=N–C) groups is 1. The molecule has 0 amide bonds. The fourth-order valence-electron chi connectivity index (χ4n) is 3.42. The van der Waals surface area contributed by atoms with E-state index in [-0.39, 0.29) is 17.7 Å². The second kappa shape index (κ2) is 9.95. The van der Waals surface area contributed by atoms with E-state index in [4.69, 9.17) is 14.5 Å². The van der Waals surface area contributed by atoms with Gasteiger partial charge in [0.05, 0.1) is 25.9 Å². The maximum atomic E-state index is 5.88. The molecule has 0 spiro atoms. The predicted octanol–water partition coefficient (Wildman–Crippen LogP) is 2.64. The molecule has 0 aromatic heterocycles. The maximum absolute atomic E-state index is 5.88. The van der Waals surface area contributed by atoms with Crippen LogP contribution in [0.3, 0.4) is 0 Å². The number of para-hydroxylation sites is 1. The van der Waals surface area contributed by atoms with Crippen molar-refractivity contribution in [2.24, 2.45) is 4.99 Å². The largest absolute Gasteiger partial charge is 0.496 e. The van der Waals surface area contributed by atoms with Crippen LogP contribution in [0.1, 0.15) is 40.2 Å². The number of ether oxygens (including phenoxy) is 2. The minimum atomic E-state index is 0.00687. The van der Waals surface area contributed by atoms with Crippen LogP contribution < -0.4 is 15.4 Å². The van der Waals surface area contributed by atoms with Crippen LogP contribution in [-0.4, -0.2) is 61.9 Å². The molecule has 1 aromatic carbocycles. The summed E-state index contributed by atoms with van der Waals surface area (Å²) < 4.78 is 11.3. The predicted molar refractivity (Wildman–Crippen MR) is 111 cm³/mol. The lowest BCUT2D eigenvalue weighted by molar-refractivity contribution is -0.0946. The highest BCUT2D eigenvalue weighted by Gasteiger charge is 2.33. The molecule has 6 nitrogen and oxygen atoms in total. The molecule has 27 heavy (non-hydrogen) atoms. The first-order valence-corrected chi connectivity index (χ1v) is 9.90. The van der Waals surface area contributed by atoms with E-state index in [9.17, 15) is 0 Å². The molecule has 1 heterocycles. The van der Waals surface area contributed by atoms with Gasteiger partial charge in [0, 0.05) is 37.3 Å². The fourth-order valence-corrected chi connectivity index (χ4v) is 3.42. The molecule has 2 unspecified atom stereocenters. The molecule has 0 radical (unpaired) electrons. The molecular formula is C21H36N4O2. The number of morpholine rings is 1. The van der Waals surface area contributed by atoms with Crippen molar-refractivity contribution in [2.75, 3.05) is 33.3 Å². The number of nitrogens with zero attached hydrogens (tertiary/aromatic N) is 2. The Morgan fingerprint density at radius 1 is 1.22 bits per heavy atom. The topological polar surface area (TPSA) is 58.1 Å². The van der Waals surface area contributed by atoms with Crippen molar-refractivity contribution in [1.82, 2.24) is 15.5 Å². The van der Waals surface area contributed by atoms with Gasteiger partial charge < -0.3 is 20.1 Å². The zero-order valence-corrected chi connectivity index (χ0v) is 17.7. The van der Waals surface area contributed by atoms with Crippen molar-refractivity contribution in [3.8, 4) is 5.75 Å². The summed E-state index contributed by atoms with van der Waals surface area (Å²) in [5.41, 5.74) is 1.08. The number of guanidine groups is 1. The monoisotopic (exact) mass is 376 g/mol. The number of methoxy groups -OCH3 is 1. The fraction of sp³-hybridized carbons (Fsp3) is 0.667. The standard InChI is InChI=1S/C21H36N4O2/c1-7-22-20(23-12-18-10-8-9-11-19(18)26-6)24-15-21(4,5)25-13-16(2)27-17(3)14-25/h8-11,16-17H,7,12-15H2,1-6H3,(H2,22,23,24). The number of benzene rings is 1. The molecule has 0 bridgehead atoms. The van der Waals surface area contributed by atoms with Crippen LogP contribution in [0.5, 0.6) is 5.75 Å². The Labute approximate surface area is 164 Å². The third kappa shape index (κ3) is 6.40. The molecule has 0 aliphatic carbocycles. The van der Waals surface area contributed by atoms with Crippen LogP contribution in [0.2, 0.25) is 0 Å². The highest BCUT2D eigenvalue weighted by Crippen LogP contribution is 2.21. The van der Waals surface area contributed by atoms with Gasteiger partial charge in [-0.1, -0.05) is 18.2 Å². The van der Waals surface area contributed by atoms with Crippen LogP contribution in [-0.2, 0) is 11.3 Å². The molecule has 152 valence electrons. The Morgan fingerprint density at radius 2 is 1.89 bits per heavy atom. The normalized spacial score (nSPS) is 21.8. The Bertz CT molecular complexity index is 608. The van der Waals surface area contributed by atoms with Crippen LogP contribution in [0.4, 0.5) is 0 Å². The minimum Gasteiger partial charge on any atom is -0.496 e. The summed E-state index contributed by atoms with van der Waals surface area (Å²) in [5, 5.41) is 6.85. The molecule has 1 saturated heterocycles. The van der Waals surface area contributed by atoms with Crippen molar-refractivity contribution in [2.45, 2.75) is 58.9 Å². The zero-order valence-electron chi connectivity index (χ0n) is 17.7. The summed E-state index contributed by atoms with van der Waals surface area (Å²) >= 11 is 0. The lowest BCUT2D eigenvalue weighted by atomic mass is 10.00. The van der Waals surface area contributed by atoms with E-state index in [0.29, 0.717) is 6.54 Å². The van der Waals surface area contributed by atoms with Crippen LogP contribution in [0, 0.1) is 0 Å². The lowest BCUT2D eigenvalue weighted by Crippen LogP contribution is -2.59. The Hall–Kier alpha value is -1.79. The van der Waals surface area contributed by atoms with Crippen molar-refractivity contribution in [3.63, 3.8) is 0 Å². The van der Waals surface area contributed by atoms with Gasteiger partial charge in [0.25, 0.3) is 0 Å². The SMILES string of the molecule is CCNC(=NCc1ccccc1OC)NCC(C)(C)N1CC(C)OC(C)C1. The summed E-state index contributed by atoms with van der Waals surface area (Å²) in [4.78, 5) is 7.24. The third-order valence-electron chi connectivity index (χ3n) is 4.91. The van der Waals surface area contributed by atoms with Gasteiger partial charge in [0.1, 0.15) is 5.75 Å². The van der Waals surface area contributed by atoms with E-state index in [2.05, 4.69) is 50.2 Å². The van der Waals surface area contributed by atoms with E-state index in [0.717, 1.165) is 43.5 Å². The van der Waals surface area contributed by atoms with E-state index in [1.807, 2.05) is 24.3 Å². The molecule has 2 N–H and O–H groups in total. The quantitative estimate of drug-likeness (QED) is 0.566. The molecule has 2 rings (SSSR count). The summed E-state index contributed by atoms with van der Waals surface area (Å²) in [6.45, 7) is 15.0. The number of rotatable bonds is 7. The van der Waals surface area contributed by atoms with Crippen molar-refractivity contribution in [1.29, 1.82) is 0 Å². The minimum absolute atomic E-state index is 0.00687. The third-order valence-corrected chi connectivity index (χ3v) is 4.91. The summed E-state index contributed by atoms with van der Waals surface area (Å²) in [6, 6.07) is 8.00. The Morgan fingerprint density at radius 3 is 2.52 bits per heavy atom. The second-order valence-corrected chi connectivity index (χ2v) is 7.84. The van der Waals surface area contributed by atoms with Gasteiger partial charge in [-0.3, -0.25) is 4.90 Å². The molecule has 1 aliphatic heterocycles. The van der Waals surface area contributed by atoms with E-state index < -0.39 is 0 Å². The van der Waals surface area contributed by atoms with E-state index in [1.165, 1.54) is 0 Å². The second-order valence-electron chi connectivity index (χ2n) is 7.84. The molecule has 6 heteroatoms. The lowest BCUT2D eigenvalue weighted by Gasteiger charge is -2.45. The molecule has 1 aromatic rings. The van der Waals surface area contributed by atoms with Crippen molar-refractivity contribution < 1.29 is 9.47 Å². The van der Waals surface area contributed by atoms with E-state index >= 15 is 0 Å². The summed E-state index contributed by atoms with van der Waals surface area (Å²) in [5.74, 6) is 1.69. The number of nitrogens with one attached hydrogen (secondary N) is 2. The van der Waals surface area contributed by atoms with Gasteiger partial charge in [-0.15, -0.1) is 0 Å². The first-order chi connectivity index (χ1) is 12.9. The Balaban J connectivity index is 2.00. The van der Waals surface area contributed by atoms with Crippen LogP contribution in [0.25, 0.3) is 0 Å².